The van der Waals surface area contributed by atoms with Gasteiger partial charge < -0.3 is 16.5 Å². The summed E-state index contributed by atoms with van der Waals surface area (Å²) >= 11 is 0. The number of nitrogens with one attached hydrogen (secondary N) is 1. The Morgan fingerprint density at radius 3 is 3.00 bits per heavy atom. The first-order chi connectivity index (χ1) is 5.29. The predicted octanol–water partition coefficient (Wildman–Crippen LogP) is -0.983. The maximum absolute atomic E-state index is 5.02. The second kappa shape index (κ2) is 3.35. The molecule has 0 aromatic carbocycles. The molecule has 58 valence electrons. The number of rotatable bonds is 2. The second-order valence-corrected chi connectivity index (χ2v) is 1.78. The monoisotopic (exact) mass is 152 g/mol. The number of aromatic amines is 1. The number of nitrogens with two attached hydrogens (primary N) is 2. The van der Waals surface area contributed by atoms with Gasteiger partial charge in [0.25, 0.3) is 0 Å². The predicted molar refractivity (Wildman–Crippen MR) is 42.0 cm³/mol. The molecule has 0 radical (unpaired) electrons. The summed E-state index contributed by atoms with van der Waals surface area (Å²) in [6.07, 6.45) is 4.61. The number of hydrogen-bond acceptors (Lipinski definition) is 3. The third-order valence-electron chi connectivity index (χ3n) is 0.889. The molecule has 0 aliphatic rings. The number of imidazole rings is 1. The smallest absolute Gasteiger partial charge is 0.211 e. The van der Waals surface area contributed by atoms with E-state index in [4.69, 9.17) is 11.5 Å². The highest BCUT2D eigenvalue weighted by atomic mass is 15.3. The maximum Gasteiger partial charge on any atom is 0.211 e. The minimum atomic E-state index is -0.0687. The van der Waals surface area contributed by atoms with E-state index < -0.39 is 0 Å². The van der Waals surface area contributed by atoms with Crippen molar-refractivity contribution >= 4 is 12.2 Å². The van der Waals surface area contributed by atoms with Crippen molar-refractivity contribution in [2.45, 2.75) is 0 Å². The van der Waals surface area contributed by atoms with Gasteiger partial charge in [0.15, 0.2) is 0 Å². The van der Waals surface area contributed by atoms with Gasteiger partial charge in [-0.1, -0.05) is 0 Å². The molecule has 0 bridgehead atoms. The minimum absolute atomic E-state index is 0.0687. The fraction of sp³-hybridized carbons (Fsp3) is 0. The Morgan fingerprint density at radius 1 is 1.64 bits per heavy atom. The molecule has 0 aliphatic carbocycles. The molecule has 6 nitrogen and oxygen atoms in total. The molecule has 1 rings (SSSR count). The molecule has 1 aromatic rings. The SMILES string of the molecule is NC(N)=N/N=C/c1cnc[nH]1. The van der Waals surface area contributed by atoms with Crippen LogP contribution in [0.1, 0.15) is 5.69 Å². The Morgan fingerprint density at radius 2 is 2.45 bits per heavy atom. The number of nitrogens with zero attached hydrogens (tertiary/aromatic N) is 3. The lowest BCUT2D eigenvalue weighted by Gasteiger charge is -1.82. The van der Waals surface area contributed by atoms with Gasteiger partial charge in [-0.25, -0.2) is 4.98 Å². The van der Waals surface area contributed by atoms with Crippen molar-refractivity contribution in [2.24, 2.45) is 21.7 Å². The standard InChI is InChI=1S/C5H8N6/c6-5(7)11-10-2-4-1-8-3-9-4/h1-3H,(H,8,9)(H4,6,7,11)/b10-2+. The topological polar surface area (TPSA) is 105 Å². The summed E-state index contributed by atoms with van der Waals surface area (Å²) in [5.74, 6) is -0.0687. The van der Waals surface area contributed by atoms with E-state index in [2.05, 4.69) is 20.2 Å². The molecule has 1 aromatic heterocycles. The van der Waals surface area contributed by atoms with Crippen molar-refractivity contribution in [3.05, 3.63) is 18.2 Å². The average Bonchev–Trinajstić information content (AvgIpc) is 2.39. The highest BCUT2D eigenvalue weighted by Crippen LogP contribution is 1.84. The van der Waals surface area contributed by atoms with Gasteiger partial charge in [0, 0.05) is 0 Å². The molecule has 0 spiro atoms. The van der Waals surface area contributed by atoms with Crippen LogP contribution < -0.4 is 11.5 Å². The normalized spacial score (nSPS) is 10.2. The van der Waals surface area contributed by atoms with Gasteiger partial charge in [0.05, 0.1) is 24.4 Å². The molecule has 5 N–H and O–H groups in total. The molecule has 11 heavy (non-hydrogen) atoms. The molecule has 0 atom stereocenters. The van der Waals surface area contributed by atoms with Gasteiger partial charge in [-0.3, -0.25) is 0 Å². The highest BCUT2D eigenvalue weighted by Gasteiger charge is 1.83. The number of H-pyrrole nitrogens is 1. The van der Waals surface area contributed by atoms with Crippen molar-refractivity contribution in [3.8, 4) is 0 Å². The van der Waals surface area contributed by atoms with E-state index in [1.807, 2.05) is 0 Å². The Bertz CT molecular complexity index is 255. The van der Waals surface area contributed by atoms with E-state index in [-0.39, 0.29) is 5.96 Å². The first-order valence-corrected chi connectivity index (χ1v) is 2.89. The van der Waals surface area contributed by atoms with Gasteiger partial charge >= 0.3 is 0 Å². The molecule has 0 fully saturated rings. The highest BCUT2D eigenvalue weighted by molar-refractivity contribution is 5.79. The lowest BCUT2D eigenvalue weighted by Crippen LogP contribution is -2.21. The Balaban J connectivity index is 2.56. The van der Waals surface area contributed by atoms with Gasteiger partial charge in [0.1, 0.15) is 0 Å². The first-order valence-electron chi connectivity index (χ1n) is 2.89. The first kappa shape index (κ1) is 7.26. The third-order valence-corrected chi connectivity index (χ3v) is 0.889. The van der Waals surface area contributed by atoms with Crippen LogP contribution in [0.2, 0.25) is 0 Å². The lowest BCUT2D eigenvalue weighted by atomic mass is 10.5. The fourth-order valence-electron chi connectivity index (χ4n) is 0.495. The minimum Gasteiger partial charge on any atom is -0.369 e. The van der Waals surface area contributed by atoms with E-state index >= 15 is 0 Å². The van der Waals surface area contributed by atoms with Crippen molar-refractivity contribution in [1.82, 2.24) is 9.97 Å². The largest absolute Gasteiger partial charge is 0.369 e. The number of hydrogen-bond donors (Lipinski definition) is 3. The second-order valence-electron chi connectivity index (χ2n) is 1.78. The van der Waals surface area contributed by atoms with Crippen LogP contribution in [0.4, 0.5) is 0 Å². The summed E-state index contributed by atoms with van der Waals surface area (Å²) in [6.45, 7) is 0. The molecule has 0 saturated heterocycles. The number of guanidine groups is 1. The van der Waals surface area contributed by atoms with Crippen LogP contribution in [0.3, 0.4) is 0 Å². The van der Waals surface area contributed by atoms with Crippen molar-refractivity contribution in [2.75, 3.05) is 0 Å². The Hall–Kier alpha value is -1.85. The van der Waals surface area contributed by atoms with Gasteiger partial charge in [-0.05, 0) is 0 Å². The van der Waals surface area contributed by atoms with E-state index in [0.29, 0.717) is 0 Å². The molecule has 0 aliphatic heterocycles. The summed E-state index contributed by atoms with van der Waals surface area (Å²) < 4.78 is 0. The molecule has 1 heterocycles. The molecular weight excluding hydrogens is 144 g/mol. The summed E-state index contributed by atoms with van der Waals surface area (Å²) in [4.78, 5) is 6.56. The van der Waals surface area contributed by atoms with Crippen molar-refractivity contribution in [3.63, 3.8) is 0 Å². The third kappa shape index (κ3) is 2.48. The molecule has 0 saturated carbocycles. The number of aromatic nitrogens is 2. The zero-order valence-electron chi connectivity index (χ0n) is 5.73. The lowest BCUT2D eigenvalue weighted by molar-refractivity contribution is 1.21. The molecule has 6 heteroatoms. The van der Waals surface area contributed by atoms with Crippen molar-refractivity contribution < 1.29 is 0 Å². The summed E-state index contributed by atoms with van der Waals surface area (Å²) in [5.41, 5.74) is 10.8. The summed E-state index contributed by atoms with van der Waals surface area (Å²) in [7, 11) is 0. The maximum atomic E-state index is 5.02. The zero-order valence-corrected chi connectivity index (χ0v) is 5.73. The van der Waals surface area contributed by atoms with E-state index in [0.717, 1.165) is 5.69 Å². The van der Waals surface area contributed by atoms with Gasteiger partial charge in [-0.2, -0.15) is 5.10 Å². The van der Waals surface area contributed by atoms with Crippen LogP contribution in [0, 0.1) is 0 Å². The molecule has 0 amide bonds. The van der Waals surface area contributed by atoms with Crippen molar-refractivity contribution in [1.29, 1.82) is 0 Å². The van der Waals surface area contributed by atoms with E-state index in [1.165, 1.54) is 12.5 Å². The summed E-state index contributed by atoms with van der Waals surface area (Å²) in [6, 6.07) is 0. The van der Waals surface area contributed by atoms with Crippen LogP contribution in [-0.4, -0.2) is 22.1 Å². The molecule has 0 unspecified atom stereocenters. The van der Waals surface area contributed by atoms with Crippen LogP contribution in [0.25, 0.3) is 0 Å². The zero-order chi connectivity index (χ0) is 8.10. The average molecular weight is 152 g/mol. The summed E-state index contributed by atoms with van der Waals surface area (Å²) in [5, 5.41) is 6.95. The Kier molecular flexibility index (Phi) is 2.21. The Labute approximate surface area is 63.0 Å². The van der Waals surface area contributed by atoms with Gasteiger partial charge in [-0.15, -0.1) is 5.10 Å². The van der Waals surface area contributed by atoms with Crippen LogP contribution in [0.5, 0.6) is 0 Å². The van der Waals surface area contributed by atoms with E-state index in [9.17, 15) is 0 Å². The van der Waals surface area contributed by atoms with Crippen LogP contribution in [0.15, 0.2) is 22.7 Å². The van der Waals surface area contributed by atoms with Gasteiger partial charge in [0.2, 0.25) is 5.96 Å². The molecular formula is C5H8N6. The quantitative estimate of drug-likeness (QED) is 0.288. The van der Waals surface area contributed by atoms with Crippen LogP contribution in [-0.2, 0) is 0 Å². The van der Waals surface area contributed by atoms with Crippen LogP contribution >= 0.6 is 0 Å². The fourth-order valence-corrected chi connectivity index (χ4v) is 0.495. The van der Waals surface area contributed by atoms with E-state index in [1.54, 1.807) is 6.20 Å².